The molecule has 1 aromatic carbocycles. The van der Waals surface area contributed by atoms with E-state index in [1.54, 1.807) is 14.2 Å². The van der Waals surface area contributed by atoms with Gasteiger partial charge >= 0.3 is 6.09 Å². The fourth-order valence-corrected chi connectivity index (χ4v) is 4.95. The van der Waals surface area contributed by atoms with Gasteiger partial charge in [0.1, 0.15) is 0 Å². The van der Waals surface area contributed by atoms with Gasteiger partial charge in [-0.15, -0.1) is 24.8 Å². The van der Waals surface area contributed by atoms with Gasteiger partial charge in [0.25, 0.3) is 0 Å². The predicted molar refractivity (Wildman–Crippen MR) is 134 cm³/mol. The third-order valence-electron chi connectivity index (χ3n) is 6.56. The van der Waals surface area contributed by atoms with Gasteiger partial charge in [-0.2, -0.15) is 0 Å². The standard InChI is InChI=1S/C23H37N3O5.2ClH/c1-29-21-8-7-17(15-22(21)30-2)10-14-31-20-6-4-3-5-19(20)25-12-9-18(16-25)26(13-11-24)23(27)28;;/h7-8,15,18-20H,3-6,9-14,16,24H2,1-2H3,(H,27,28);2*1H/t18-,19-,20-;;/m1../s1. The topological polar surface area (TPSA) is 97.5 Å². The second-order valence-corrected chi connectivity index (χ2v) is 8.40. The molecule has 0 unspecified atom stereocenters. The van der Waals surface area contributed by atoms with E-state index in [0.29, 0.717) is 25.7 Å². The molecular formula is C23H39Cl2N3O5. The van der Waals surface area contributed by atoms with Crippen molar-refractivity contribution in [2.75, 3.05) is 47.0 Å². The lowest BCUT2D eigenvalue weighted by atomic mass is 9.91. The number of nitrogens with two attached hydrogens (primary N) is 1. The summed E-state index contributed by atoms with van der Waals surface area (Å²) in [6.45, 7) is 3.09. The first kappa shape index (κ1) is 29.6. The van der Waals surface area contributed by atoms with E-state index in [2.05, 4.69) is 4.90 Å². The van der Waals surface area contributed by atoms with Gasteiger partial charge in [-0.25, -0.2) is 4.79 Å². The van der Waals surface area contributed by atoms with E-state index in [4.69, 9.17) is 19.9 Å². The van der Waals surface area contributed by atoms with E-state index in [1.165, 1.54) is 17.7 Å². The van der Waals surface area contributed by atoms with Crippen molar-refractivity contribution in [1.29, 1.82) is 0 Å². The largest absolute Gasteiger partial charge is 0.493 e. The first-order chi connectivity index (χ1) is 15.1. The van der Waals surface area contributed by atoms with Crippen molar-refractivity contribution in [3.63, 3.8) is 0 Å². The Kier molecular flexibility index (Phi) is 13.2. The lowest BCUT2D eigenvalue weighted by Crippen LogP contribution is -2.48. The molecule has 1 aliphatic carbocycles. The Bertz CT molecular complexity index is 727. The lowest BCUT2D eigenvalue weighted by molar-refractivity contribution is -0.0304. The summed E-state index contributed by atoms with van der Waals surface area (Å²) in [7, 11) is 3.28. The molecule has 0 bridgehead atoms. The third-order valence-corrected chi connectivity index (χ3v) is 6.56. The fraction of sp³-hybridized carbons (Fsp3) is 0.696. The summed E-state index contributed by atoms with van der Waals surface area (Å²) < 4.78 is 17.1. The first-order valence-electron chi connectivity index (χ1n) is 11.3. The van der Waals surface area contributed by atoms with Crippen LogP contribution in [0.25, 0.3) is 0 Å². The Morgan fingerprint density at radius 1 is 1.15 bits per heavy atom. The molecule has 0 spiro atoms. The number of benzene rings is 1. The zero-order valence-electron chi connectivity index (χ0n) is 19.6. The van der Waals surface area contributed by atoms with E-state index in [9.17, 15) is 9.90 Å². The summed E-state index contributed by atoms with van der Waals surface area (Å²) in [6.07, 6.45) is 5.55. The van der Waals surface area contributed by atoms with Crippen molar-refractivity contribution in [2.24, 2.45) is 5.73 Å². The van der Waals surface area contributed by atoms with Crippen LogP contribution >= 0.6 is 24.8 Å². The molecule has 2 aliphatic rings. The number of halogens is 2. The highest BCUT2D eigenvalue weighted by molar-refractivity contribution is 5.85. The van der Waals surface area contributed by atoms with Crippen molar-refractivity contribution in [3.05, 3.63) is 23.8 Å². The van der Waals surface area contributed by atoms with Crippen LogP contribution in [0.1, 0.15) is 37.7 Å². The third kappa shape index (κ3) is 7.79. The van der Waals surface area contributed by atoms with E-state index in [-0.39, 0.29) is 37.0 Å². The molecule has 2 fully saturated rings. The van der Waals surface area contributed by atoms with Gasteiger partial charge < -0.3 is 30.0 Å². The van der Waals surface area contributed by atoms with Gasteiger partial charge in [0.15, 0.2) is 11.5 Å². The lowest BCUT2D eigenvalue weighted by Gasteiger charge is -2.38. The molecule has 190 valence electrons. The summed E-state index contributed by atoms with van der Waals surface area (Å²) in [5.74, 6) is 1.47. The van der Waals surface area contributed by atoms with E-state index >= 15 is 0 Å². The summed E-state index contributed by atoms with van der Waals surface area (Å²) in [5, 5.41) is 9.52. The minimum Gasteiger partial charge on any atom is -0.493 e. The summed E-state index contributed by atoms with van der Waals surface area (Å²) in [4.78, 5) is 15.5. The van der Waals surface area contributed by atoms with Crippen LogP contribution in [0.4, 0.5) is 4.79 Å². The number of amides is 1. The van der Waals surface area contributed by atoms with Crippen molar-refractivity contribution in [1.82, 2.24) is 9.80 Å². The second-order valence-electron chi connectivity index (χ2n) is 8.40. The number of nitrogens with zero attached hydrogens (tertiary/aromatic N) is 2. The van der Waals surface area contributed by atoms with Gasteiger partial charge in [-0.1, -0.05) is 18.9 Å². The average Bonchev–Trinajstić information content (AvgIpc) is 3.27. The fourth-order valence-electron chi connectivity index (χ4n) is 4.95. The van der Waals surface area contributed by atoms with Gasteiger partial charge in [-0.3, -0.25) is 4.90 Å². The van der Waals surface area contributed by atoms with Crippen LogP contribution in [-0.4, -0.2) is 86.2 Å². The summed E-state index contributed by atoms with van der Waals surface area (Å²) in [6, 6.07) is 6.36. The molecule has 3 atom stereocenters. The highest BCUT2D eigenvalue weighted by Gasteiger charge is 2.37. The minimum absolute atomic E-state index is 0. The normalized spacial score (nSPS) is 22.7. The molecule has 1 aliphatic heterocycles. The van der Waals surface area contributed by atoms with Crippen LogP contribution in [0.3, 0.4) is 0 Å². The van der Waals surface area contributed by atoms with Crippen LogP contribution in [0.2, 0.25) is 0 Å². The molecule has 1 saturated heterocycles. The smallest absolute Gasteiger partial charge is 0.407 e. The number of methoxy groups -OCH3 is 2. The Morgan fingerprint density at radius 3 is 2.55 bits per heavy atom. The van der Waals surface area contributed by atoms with Gasteiger partial charge in [0.2, 0.25) is 0 Å². The molecule has 33 heavy (non-hydrogen) atoms. The molecular weight excluding hydrogens is 469 g/mol. The van der Waals surface area contributed by atoms with Crippen LogP contribution in [0.5, 0.6) is 11.5 Å². The molecule has 8 nitrogen and oxygen atoms in total. The minimum atomic E-state index is -0.872. The Morgan fingerprint density at radius 2 is 1.88 bits per heavy atom. The van der Waals surface area contributed by atoms with Gasteiger partial charge in [0.05, 0.1) is 26.9 Å². The van der Waals surface area contributed by atoms with Crippen LogP contribution in [-0.2, 0) is 11.2 Å². The molecule has 3 rings (SSSR count). The molecule has 3 N–H and O–H groups in total. The molecule has 1 aromatic rings. The maximum atomic E-state index is 11.6. The molecule has 1 saturated carbocycles. The number of carboxylic acid groups (broad SMARTS) is 1. The Hall–Kier alpha value is -1.45. The zero-order chi connectivity index (χ0) is 22.2. The molecule has 0 radical (unpaired) electrons. The highest BCUT2D eigenvalue weighted by Crippen LogP contribution is 2.30. The predicted octanol–water partition coefficient (Wildman–Crippen LogP) is 3.43. The first-order valence-corrected chi connectivity index (χ1v) is 11.3. The maximum Gasteiger partial charge on any atom is 0.407 e. The summed E-state index contributed by atoms with van der Waals surface area (Å²) >= 11 is 0. The van der Waals surface area contributed by atoms with Gasteiger partial charge in [0, 0.05) is 38.3 Å². The average molecular weight is 508 g/mol. The monoisotopic (exact) mass is 507 g/mol. The Balaban J connectivity index is 0.00000272. The van der Waals surface area contributed by atoms with E-state index in [0.717, 1.165) is 55.8 Å². The number of likely N-dealkylation sites (tertiary alicyclic amines) is 1. The quantitative estimate of drug-likeness (QED) is 0.500. The SMILES string of the molecule is COc1ccc(CCO[C@@H]2CCCC[C@H]2N2CC[C@@H](N(CCN)C(=O)O)C2)cc1OC.Cl.Cl. The van der Waals surface area contributed by atoms with Crippen LogP contribution in [0.15, 0.2) is 18.2 Å². The number of rotatable bonds is 10. The number of ether oxygens (including phenoxy) is 3. The highest BCUT2D eigenvalue weighted by atomic mass is 35.5. The summed E-state index contributed by atoms with van der Waals surface area (Å²) in [5.41, 5.74) is 6.78. The van der Waals surface area contributed by atoms with E-state index in [1.807, 2.05) is 18.2 Å². The number of hydrogen-bond acceptors (Lipinski definition) is 6. The molecule has 10 heteroatoms. The van der Waals surface area contributed by atoms with Crippen molar-refractivity contribution in [2.45, 2.75) is 56.7 Å². The van der Waals surface area contributed by atoms with Crippen LogP contribution in [0, 0.1) is 0 Å². The molecule has 1 amide bonds. The Labute approximate surface area is 209 Å². The maximum absolute atomic E-state index is 11.6. The van der Waals surface area contributed by atoms with Gasteiger partial charge in [-0.05, 0) is 43.4 Å². The van der Waals surface area contributed by atoms with Crippen molar-refractivity contribution >= 4 is 30.9 Å². The molecule has 0 aromatic heterocycles. The van der Waals surface area contributed by atoms with Crippen LogP contribution < -0.4 is 15.2 Å². The van der Waals surface area contributed by atoms with Crippen molar-refractivity contribution < 1.29 is 24.1 Å². The second kappa shape index (κ2) is 14.7. The van der Waals surface area contributed by atoms with E-state index < -0.39 is 6.09 Å². The number of hydrogen-bond donors (Lipinski definition) is 2. The van der Waals surface area contributed by atoms with Crippen molar-refractivity contribution in [3.8, 4) is 11.5 Å². The number of carbonyl (C=O) groups is 1. The zero-order valence-corrected chi connectivity index (χ0v) is 21.2. The molecule has 1 heterocycles.